The molecule has 0 unspecified atom stereocenters. The van der Waals surface area contributed by atoms with Crippen LogP contribution >= 0.6 is 0 Å². The lowest BCUT2D eigenvalue weighted by atomic mass is 10.1. The van der Waals surface area contributed by atoms with Crippen molar-refractivity contribution in [1.29, 1.82) is 0 Å². The number of guanidine groups is 1. The second-order valence-electron chi connectivity index (χ2n) is 5.46. The minimum Gasteiger partial charge on any atom is -0.454 e. The lowest BCUT2D eigenvalue weighted by Gasteiger charge is -2.13. The molecule has 1 N–H and O–H groups in total. The topological polar surface area (TPSA) is 63.2 Å². The van der Waals surface area contributed by atoms with Crippen molar-refractivity contribution < 1.29 is 14.3 Å². The van der Waals surface area contributed by atoms with Crippen molar-refractivity contribution in [1.82, 2.24) is 10.2 Å². The van der Waals surface area contributed by atoms with Crippen LogP contribution in [0.25, 0.3) is 6.08 Å². The fourth-order valence-electron chi connectivity index (χ4n) is 2.52. The summed E-state index contributed by atoms with van der Waals surface area (Å²) in [5, 5.41) is 3.14. The van der Waals surface area contributed by atoms with Crippen LogP contribution in [0.4, 0.5) is 0 Å². The second-order valence-corrected chi connectivity index (χ2v) is 5.46. The van der Waals surface area contributed by atoms with Gasteiger partial charge in [-0.05, 0) is 36.6 Å². The first-order valence-electron chi connectivity index (χ1n) is 7.97. The van der Waals surface area contributed by atoms with Gasteiger partial charge in [-0.2, -0.15) is 0 Å². The molecule has 0 bridgehead atoms. The SMILES string of the molecule is CCCN=C1N/C(=C\c2ccc3c(c2)OCO3)C(=O)N1CCC. The quantitative estimate of drug-likeness (QED) is 0.847. The Morgan fingerprint density at radius 2 is 2.09 bits per heavy atom. The number of hydrogen-bond acceptors (Lipinski definition) is 4. The fraction of sp³-hybridized carbons (Fsp3) is 0.412. The van der Waals surface area contributed by atoms with E-state index in [0.717, 1.165) is 24.2 Å². The number of ether oxygens (including phenoxy) is 2. The molecule has 0 radical (unpaired) electrons. The fourth-order valence-corrected chi connectivity index (χ4v) is 2.52. The molecule has 0 saturated carbocycles. The van der Waals surface area contributed by atoms with Gasteiger partial charge in [0, 0.05) is 13.1 Å². The van der Waals surface area contributed by atoms with Gasteiger partial charge in [-0.25, -0.2) is 0 Å². The van der Waals surface area contributed by atoms with Crippen LogP contribution in [0.5, 0.6) is 11.5 Å². The molecule has 0 aromatic heterocycles. The van der Waals surface area contributed by atoms with Crippen LogP contribution in [0, 0.1) is 0 Å². The number of benzene rings is 1. The first kappa shape index (κ1) is 15.4. The Labute approximate surface area is 135 Å². The van der Waals surface area contributed by atoms with E-state index >= 15 is 0 Å². The molecule has 1 amide bonds. The molecule has 1 saturated heterocycles. The molecule has 6 nitrogen and oxygen atoms in total. The summed E-state index contributed by atoms with van der Waals surface area (Å²) in [5.41, 5.74) is 1.42. The zero-order valence-corrected chi connectivity index (χ0v) is 13.5. The summed E-state index contributed by atoms with van der Waals surface area (Å²) in [5.74, 6) is 2.04. The van der Waals surface area contributed by atoms with E-state index in [4.69, 9.17) is 9.47 Å². The molecule has 3 rings (SSSR count). The number of carbonyl (C=O) groups excluding carboxylic acids is 1. The third kappa shape index (κ3) is 3.16. The monoisotopic (exact) mass is 315 g/mol. The van der Waals surface area contributed by atoms with Gasteiger partial charge in [-0.1, -0.05) is 19.9 Å². The summed E-state index contributed by atoms with van der Waals surface area (Å²) in [6.45, 7) is 5.71. The number of nitrogens with one attached hydrogen (secondary N) is 1. The van der Waals surface area contributed by atoms with Gasteiger partial charge in [0.1, 0.15) is 5.70 Å². The summed E-state index contributed by atoms with van der Waals surface area (Å²) in [7, 11) is 0. The number of aliphatic imine (C=N–C) groups is 1. The number of rotatable bonds is 5. The van der Waals surface area contributed by atoms with E-state index in [1.807, 2.05) is 31.2 Å². The Hall–Kier alpha value is -2.50. The highest BCUT2D eigenvalue weighted by Gasteiger charge is 2.31. The standard InChI is InChI=1S/C17H21N3O3/c1-3-7-18-17-19-13(16(21)20(17)8-4-2)9-12-5-6-14-15(10-12)23-11-22-14/h5-6,9-10H,3-4,7-8,11H2,1-2H3,(H,18,19)/b13-9-. The minimum absolute atomic E-state index is 0.0423. The van der Waals surface area contributed by atoms with Gasteiger partial charge >= 0.3 is 0 Å². The van der Waals surface area contributed by atoms with Crippen molar-refractivity contribution in [3.05, 3.63) is 29.5 Å². The van der Waals surface area contributed by atoms with E-state index < -0.39 is 0 Å². The largest absolute Gasteiger partial charge is 0.454 e. The molecule has 23 heavy (non-hydrogen) atoms. The Morgan fingerprint density at radius 1 is 1.26 bits per heavy atom. The van der Waals surface area contributed by atoms with Gasteiger partial charge < -0.3 is 14.8 Å². The molecule has 0 spiro atoms. The third-order valence-electron chi connectivity index (χ3n) is 3.62. The van der Waals surface area contributed by atoms with Crippen molar-refractivity contribution in [2.75, 3.05) is 19.9 Å². The van der Waals surface area contributed by atoms with Crippen LogP contribution in [0.15, 0.2) is 28.9 Å². The Balaban J connectivity index is 1.85. The Kier molecular flexibility index (Phi) is 4.50. The summed E-state index contributed by atoms with van der Waals surface area (Å²) >= 11 is 0. The smallest absolute Gasteiger partial charge is 0.277 e. The summed E-state index contributed by atoms with van der Waals surface area (Å²) in [4.78, 5) is 18.7. The van der Waals surface area contributed by atoms with E-state index in [1.54, 1.807) is 4.90 Å². The molecule has 2 aliphatic heterocycles. The van der Waals surface area contributed by atoms with E-state index in [2.05, 4.69) is 17.2 Å². The van der Waals surface area contributed by atoms with E-state index in [-0.39, 0.29) is 12.7 Å². The molecule has 122 valence electrons. The maximum absolute atomic E-state index is 12.6. The minimum atomic E-state index is -0.0423. The van der Waals surface area contributed by atoms with Gasteiger partial charge in [0.15, 0.2) is 11.5 Å². The lowest BCUT2D eigenvalue weighted by Crippen LogP contribution is -2.33. The number of nitrogens with zero attached hydrogens (tertiary/aromatic N) is 2. The van der Waals surface area contributed by atoms with E-state index in [1.165, 1.54) is 0 Å². The molecule has 6 heteroatoms. The average Bonchev–Trinajstić information content (AvgIpc) is 3.12. The van der Waals surface area contributed by atoms with Crippen molar-refractivity contribution in [2.45, 2.75) is 26.7 Å². The molecule has 0 aliphatic carbocycles. The summed E-state index contributed by atoms with van der Waals surface area (Å²) in [6.07, 6.45) is 3.65. The Bertz CT molecular complexity index is 667. The Morgan fingerprint density at radius 3 is 2.87 bits per heavy atom. The first-order chi connectivity index (χ1) is 11.2. The van der Waals surface area contributed by atoms with Crippen molar-refractivity contribution in [3.8, 4) is 11.5 Å². The highest BCUT2D eigenvalue weighted by atomic mass is 16.7. The van der Waals surface area contributed by atoms with Crippen LogP contribution in [-0.2, 0) is 4.79 Å². The van der Waals surface area contributed by atoms with Crippen LogP contribution in [0.1, 0.15) is 32.3 Å². The van der Waals surface area contributed by atoms with Gasteiger partial charge in [0.2, 0.25) is 12.8 Å². The second kappa shape index (κ2) is 6.73. The normalized spacial score (nSPS) is 19.7. The molecule has 2 aliphatic rings. The summed E-state index contributed by atoms with van der Waals surface area (Å²) < 4.78 is 10.7. The number of amides is 1. The van der Waals surface area contributed by atoms with Gasteiger partial charge in [-0.15, -0.1) is 0 Å². The van der Waals surface area contributed by atoms with Crippen molar-refractivity contribution >= 4 is 17.9 Å². The predicted molar refractivity (Wildman–Crippen MR) is 88.3 cm³/mol. The van der Waals surface area contributed by atoms with Crippen LogP contribution in [-0.4, -0.2) is 36.6 Å². The maximum Gasteiger partial charge on any atom is 0.277 e. The van der Waals surface area contributed by atoms with E-state index in [9.17, 15) is 4.79 Å². The molecular weight excluding hydrogens is 294 g/mol. The van der Waals surface area contributed by atoms with Gasteiger partial charge in [0.05, 0.1) is 0 Å². The molecule has 2 heterocycles. The number of hydrogen-bond donors (Lipinski definition) is 1. The zero-order valence-electron chi connectivity index (χ0n) is 13.5. The van der Waals surface area contributed by atoms with E-state index in [0.29, 0.717) is 30.5 Å². The molecule has 1 fully saturated rings. The molecular formula is C17H21N3O3. The van der Waals surface area contributed by atoms with Gasteiger partial charge in [0.25, 0.3) is 5.91 Å². The highest BCUT2D eigenvalue weighted by molar-refractivity contribution is 6.15. The summed E-state index contributed by atoms with van der Waals surface area (Å²) in [6, 6.07) is 5.63. The molecule has 1 aromatic carbocycles. The predicted octanol–water partition coefficient (Wildman–Crippen LogP) is 2.36. The lowest BCUT2D eigenvalue weighted by molar-refractivity contribution is -0.122. The maximum atomic E-state index is 12.6. The zero-order chi connectivity index (χ0) is 16.2. The van der Waals surface area contributed by atoms with Crippen LogP contribution in [0.2, 0.25) is 0 Å². The van der Waals surface area contributed by atoms with Crippen molar-refractivity contribution in [2.24, 2.45) is 4.99 Å². The van der Waals surface area contributed by atoms with Crippen LogP contribution < -0.4 is 14.8 Å². The van der Waals surface area contributed by atoms with Crippen molar-refractivity contribution in [3.63, 3.8) is 0 Å². The number of fused-ring (bicyclic) bond motifs is 1. The molecule has 1 aromatic rings. The van der Waals surface area contributed by atoms with Crippen LogP contribution in [0.3, 0.4) is 0 Å². The third-order valence-corrected chi connectivity index (χ3v) is 3.62. The number of carbonyl (C=O) groups is 1. The highest BCUT2D eigenvalue weighted by Crippen LogP contribution is 2.33. The first-order valence-corrected chi connectivity index (χ1v) is 7.97. The van der Waals surface area contributed by atoms with Gasteiger partial charge in [-0.3, -0.25) is 14.7 Å². The average molecular weight is 315 g/mol. The molecule has 0 atom stereocenters.